The molecule has 1 unspecified atom stereocenters. The molecular weight excluding hydrogens is 553 g/mol. The predicted octanol–water partition coefficient (Wildman–Crippen LogP) is 4.28. The van der Waals surface area contributed by atoms with Crippen LogP contribution in [0.5, 0.6) is 5.88 Å². The smallest absolute Gasteiger partial charge is 0.456 e. The number of carbonyl (C=O) groups excluding carboxylic acids is 2. The van der Waals surface area contributed by atoms with E-state index in [0.717, 1.165) is 21.9 Å². The summed E-state index contributed by atoms with van der Waals surface area (Å²) in [5, 5.41) is 26.7. The number of aliphatic hydroxyl groups excluding tert-OH is 1. The van der Waals surface area contributed by atoms with Crippen LogP contribution in [0, 0.1) is 0 Å². The van der Waals surface area contributed by atoms with Crippen molar-refractivity contribution in [3.8, 4) is 17.0 Å². The van der Waals surface area contributed by atoms with E-state index in [0.29, 0.717) is 10.6 Å². The maximum atomic E-state index is 13.1. The van der Waals surface area contributed by atoms with E-state index in [9.17, 15) is 41.8 Å². The Morgan fingerprint density at radius 3 is 2.31 bits per heavy atom. The SMILES string of the molecule is Cn1nc(C(=O)N[C@H](Cc2ccc(-c3cccc(Cl)c3)cc2)CC(O)C(=O)OCC(F)(F)C(F)(F)F)cc1O. The van der Waals surface area contributed by atoms with Crippen LogP contribution in [0.15, 0.2) is 54.6 Å². The van der Waals surface area contributed by atoms with Crippen molar-refractivity contribution in [2.75, 3.05) is 6.61 Å². The predicted molar refractivity (Wildman–Crippen MR) is 129 cm³/mol. The minimum Gasteiger partial charge on any atom is -0.493 e. The van der Waals surface area contributed by atoms with Crippen molar-refractivity contribution in [2.24, 2.45) is 7.05 Å². The highest BCUT2D eigenvalue weighted by molar-refractivity contribution is 6.30. The van der Waals surface area contributed by atoms with Crippen LogP contribution in [0.2, 0.25) is 5.02 Å². The highest BCUT2D eigenvalue weighted by Gasteiger charge is 2.58. The first kappa shape index (κ1) is 29.8. The van der Waals surface area contributed by atoms with E-state index in [1.54, 1.807) is 42.5 Å². The molecule has 0 aliphatic heterocycles. The molecule has 0 fully saturated rings. The quantitative estimate of drug-likeness (QED) is 0.246. The van der Waals surface area contributed by atoms with Gasteiger partial charge in [-0.3, -0.25) is 4.79 Å². The van der Waals surface area contributed by atoms with Gasteiger partial charge in [-0.1, -0.05) is 48.0 Å². The number of aromatic nitrogens is 2. The van der Waals surface area contributed by atoms with Gasteiger partial charge in [0.1, 0.15) is 0 Å². The van der Waals surface area contributed by atoms with E-state index in [2.05, 4.69) is 15.2 Å². The van der Waals surface area contributed by atoms with E-state index >= 15 is 0 Å². The maximum absolute atomic E-state index is 13.1. The van der Waals surface area contributed by atoms with Crippen LogP contribution in [0.25, 0.3) is 11.1 Å². The number of nitrogens with one attached hydrogen (secondary N) is 1. The largest absolute Gasteiger partial charge is 0.493 e. The third kappa shape index (κ3) is 7.90. The van der Waals surface area contributed by atoms with Gasteiger partial charge in [-0.15, -0.1) is 0 Å². The minimum absolute atomic E-state index is 0.0173. The third-order valence-corrected chi connectivity index (χ3v) is 5.84. The number of nitrogens with zero attached hydrogens (tertiary/aromatic N) is 2. The van der Waals surface area contributed by atoms with Crippen molar-refractivity contribution < 1.29 is 46.5 Å². The van der Waals surface area contributed by atoms with Gasteiger partial charge in [0.15, 0.2) is 18.4 Å². The number of aromatic hydroxyl groups is 1. The zero-order valence-corrected chi connectivity index (χ0v) is 21.0. The molecule has 0 saturated heterocycles. The zero-order valence-electron chi connectivity index (χ0n) is 20.3. The van der Waals surface area contributed by atoms with Crippen LogP contribution in [-0.2, 0) is 23.0 Å². The summed E-state index contributed by atoms with van der Waals surface area (Å²) in [6.45, 7) is -2.30. The number of rotatable bonds is 10. The van der Waals surface area contributed by atoms with Crippen LogP contribution in [0.1, 0.15) is 22.5 Å². The van der Waals surface area contributed by atoms with Gasteiger partial charge in [-0.05, 0) is 35.2 Å². The highest BCUT2D eigenvalue weighted by atomic mass is 35.5. The molecule has 3 rings (SSSR count). The first-order valence-corrected chi connectivity index (χ1v) is 11.7. The van der Waals surface area contributed by atoms with Crippen LogP contribution in [-0.4, -0.2) is 62.7 Å². The molecule has 0 spiro atoms. The Balaban J connectivity index is 1.74. The molecule has 210 valence electrons. The summed E-state index contributed by atoms with van der Waals surface area (Å²) in [5.74, 6) is -8.13. The van der Waals surface area contributed by atoms with Gasteiger partial charge in [0.25, 0.3) is 5.91 Å². The summed E-state index contributed by atoms with van der Waals surface area (Å²) in [6.07, 6.45) is -8.65. The Morgan fingerprint density at radius 2 is 1.74 bits per heavy atom. The first-order chi connectivity index (χ1) is 18.2. The summed E-state index contributed by atoms with van der Waals surface area (Å²) in [5.41, 5.74) is 2.08. The molecule has 3 aromatic rings. The molecule has 1 amide bonds. The molecule has 39 heavy (non-hydrogen) atoms. The summed E-state index contributed by atoms with van der Waals surface area (Å²) < 4.78 is 68.3. The molecule has 2 aromatic carbocycles. The molecular formula is C25H23ClF5N3O5. The fourth-order valence-electron chi connectivity index (χ4n) is 3.51. The number of halogens is 6. The van der Waals surface area contributed by atoms with Gasteiger partial charge in [0, 0.05) is 30.6 Å². The Morgan fingerprint density at radius 1 is 1.08 bits per heavy atom. The first-order valence-electron chi connectivity index (χ1n) is 11.3. The number of benzene rings is 2. The fraction of sp³-hybridized carbons (Fsp3) is 0.320. The van der Waals surface area contributed by atoms with Crippen LogP contribution < -0.4 is 5.32 Å². The number of esters is 1. The van der Waals surface area contributed by atoms with E-state index < -0.39 is 49.1 Å². The number of hydrogen-bond donors (Lipinski definition) is 3. The summed E-state index contributed by atoms with van der Waals surface area (Å²) in [6, 6.07) is 14.1. The van der Waals surface area contributed by atoms with Crippen LogP contribution >= 0.6 is 11.6 Å². The second-order valence-corrected chi connectivity index (χ2v) is 9.09. The topological polar surface area (TPSA) is 114 Å². The normalized spacial score (nSPS) is 13.5. The monoisotopic (exact) mass is 575 g/mol. The lowest BCUT2D eigenvalue weighted by atomic mass is 9.97. The summed E-state index contributed by atoms with van der Waals surface area (Å²) >= 11 is 6.03. The van der Waals surface area contributed by atoms with Crippen molar-refractivity contribution in [3.63, 3.8) is 0 Å². The molecule has 0 saturated carbocycles. The molecule has 3 N–H and O–H groups in total. The number of hydrogen-bond acceptors (Lipinski definition) is 6. The second kappa shape index (κ2) is 12.0. The third-order valence-electron chi connectivity index (χ3n) is 5.61. The Bertz CT molecular complexity index is 1290. The lowest BCUT2D eigenvalue weighted by Gasteiger charge is -2.23. The van der Waals surface area contributed by atoms with Crippen LogP contribution in [0.3, 0.4) is 0 Å². The van der Waals surface area contributed by atoms with Gasteiger partial charge in [-0.25, -0.2) is 9.48 Å². The van der Waals surface area contributed by atoms with E-state index in [1.165, 1.54) is 7.05 Å². The summed E-state index contributed by atoms with van der Waals surface area (Å²) in [7, 11) is 1.38. The average Bonchev–Trinajstić information content (AvgIpc) is 3.20. The van der Waals surface area contributed by atoms with Gasteiger partial charge in [0.05, 0.1) is 0 Å². The summed E-state index contributed by atoms with van der Waals surface area (Å²) in [4.78, 5) is 24.7. The van der Waals surface area contributed by atoms with E-state index in [-0.39, 0.29) is 18.0 Å². The van der Waals surface area contributed by atoms with Gasteiger partial charge in [-0.2, -0.15) is 27.1 Å². The van der Waals surface area contributed by atoms with E-state index in [4.69, 9.17) is 11.6 Å². The van der Waals surface area contributed by atoms with Crippen molar-refractivity contribution in [3.05, 3.63) is 70.9 Å². The molecule has 1 aromatic heterocycles. The molecule has 2 atom stereocenters. The lowest BCUT2D eigenvalue weighted by molar-refractivity contribution is -0.294. The van der Waals surface area contributed by atoms with Crippen molar-refractivity contribution in [1.29, 1.82) is 0 Å². The minimum atomic E-state index is -5.94. The number of ether oxygens (including phenoxy) is 1. The highest BCUT2D eigenvalue weighted by Crippen LogP contribution is 2.35. The average molecular weight is 576 g/mol. The number of aryl methyl sites for hydroxylation is 1. The van der Waals surface area contributed by atoms with Crippen molar-refractivity contribution >= 4 is 23.5 Å². The van der Waals surface area contributed by atoms with Gasteiger partial charge >= 0.3 is 18.1 Å². The zero-order chi connectivity index (χ0) is 29.0. The molecule has 14 heteroatoms. The molecule has 1 heterocycles. The second-order valence-electron chi connectivity index (χ2n) is 8.65. The lowest BCUT2D eigenvalue weighted by Crippen LogP contribution is -2.44. The van der Waals surface area contributed by atoms with Crippen molar-refractivity contribution in [1.82, 2.24) is 15.1 Å². The standard InChI is InChI=1S/C25H23ClF5N3O5/c1-34-21(36)12-19(33-34)22(37)32-18(11-20(35)23(38)39-13-24(27,28)25(29,30)31)9-14-5-7-15(8-6-14)16-3-2-4-17(26)10-16/h2-8,10,12,18,20,35-36H,9,11,13H2,1H3,(H,32,37)/t18-,20?/m1/s1. The number of alkyl halides is 5. The van der Waals surface area contributed by atoms with Crippen LogP contribution in [0.4, 0.5) is 22.0 Å². The van der Waals surface area contributed by atoms with Gasteiger partial charge in [0.2, 0.25) is 5.88 Å². The Kier molecular flexibility index (Phi) is 9.18. The van der Waals surface area contributed by atoms with Crippen molar-refractivity contribution in [2.45, 2.75) is 37.1 Å². The molecule has 0 aliphatic carbocycles. The van der Waals surface area contributed by atoms with E-state index in [1.807, 2.05) is 6.07 Å². The number of aliphatic hydroxyl groups is 1. The molecule has 0 bridgehead atoms. The number of carbonyl (C=O) groups is 2. The number of amides is 1. The van der Waals surface area contributed by atoms with Gasteiger partial charge < -0.3 is 20.3 Å². The molecule has 0 aliphatic rings. The Labute approximate surface area is 224 Å². The maximum Gasteiger partial charge on any atom is 0.456 e. The Hall–Kier alpha value is -3.71. The molecule has 0 radical (unpaired) electrons. The molecule has 8 nitrogen and oxygen atoms in total. The fourth-order valence-corrected chi connectivity index (χ4v) is 3.70.